The van der Waals surface area contributed by atoms with Gasteiger partial charge in [0.1, 0.15) is 24.8 Å². The molecule has 0 saturated heterocycles. The largest absolute Gasteiger partial charge is 0.493 e. The van der Waals surface area contributed by atoms with Crippen LogP contribution < -0.4 is 14.2 Å². The van der Waals surface area contributed by atoms with Crippen molar-refractivity contribution in [3.63, 3.8) is 0 Å². The Hall–Kier alpha value is -12.0. The van der Waals surface area contributed by atoms with Gasteiger partial charge in [-0.2, -0.15) is 0 Å². The van der Waals surface area contributed by atoms with Crippen molar-refractivity contribution in [1.82, 2.24) is 0 Å². The zero-order valence-electron chi connectivity index (χ0n) is 80.7. The highest BCUT2D eigenvalue weighted by molar-refractivity contribution is 7.20. The molecule has 0 N–H and O–H groups in total. The molecule has 0 fully saturated rings. The van der Waals surface area contributed by atoms with E-state index in [9.17, 15) is 42.7 Å². The topological polar surface area (TPSA) is 164 Å². The van der Waals surface area contributed by atoms with E-state index >= 15 is 0 Å². The quantitative estimate of drug-likeness (QED) is 0.0708. The molecule has 0 atom stereocenters. The maximum Gasteiger partial charge on any atom is 0.169 e. The molecule has 0 radical (unpaired) electrons. The van der Waals surface area contributed by atoms with Crippen LogP contribution in [0.5, 0.6) is 17.2 Å². The fraction of sp³-hybridized carbons (Fsp3) is 0.248. The Morgan fingerprint density at radius 1 is 0.299 bits per heavy atom. The van der Waals surface area contributed by atoms with Crippen molar-refractivity contribution in [3.05, 3.63) is 355 Å². The summed E-state index contributed by atoms with van der Waals surface area (Å²) in [5.74, 6) is 3.64. The molecule has 3 aliphatic rings. The normalized spacial score (nSPS) is 11.9. The van der Waals surface area contributed by atoms with Crippen LogP contribution in [0.2, 0.25) is 0 Å². The molecule has 1 aliphatic heterocycles. The second kappa shape index (κ2) is 49.4. The Balaban J connectivity index is 0.000000141. The van der Waals surface area contributed by atoms with Gasteiger partial charge < -0.3 is 14.2 Å². The van der Waals surface area contributed by atoms with Crippen molar-refractivity contribution >= 4 is 137 Å². The summed E-state index contributed by atoms with van der Waals surface area (Å²) in [6, 6.07) is 82.2. The lowest BCUT2D eigenvalue weighted by Crippen LogP contribution is -2.15. The number of ketones is 8. The van der Waals surface area contributed by atoms with E-state index in [1.54, 1.807) is 123 Å². The van der Waals surface area contributed by atoms with Gasteiger partial charge in [-0.3, -0.25) is 38.4 Å². The number of thiophene rings is 8. The Bertz CT molecular complexity index is 6870. The number of carbonyl (C=O) groups is 8. The monoisotopic (exact) mass is 1970 g/mol. The van der Waals surface area contributed by atoms with Gasteiger partial charge in [0, 0.05) is 55.7 Å². The standard InChI is InChI=1S/C16H18O2S.2C16H16OS.C15H16OS.C14H12O3S.C14H14OS.C13H11FOS.C13H12OS/c1-11(2)10-18-14-7-5-4-6-13(14)16-9-8-15(19-16)12(3)17;1-11(17)15-9-10-16(18-15)14-8-4-6-12-5-2-3-7-13(12)14;1-11(17)15-8-9-16(18-15)14-7-6-12-4-2-3-5-13(12)10-14;1-9-7-11(3)13(8-10(9)2)15-6-5-14(17-15)12(4)16;1-9(15)12-5-6-13(18-12)10-3-2-4-11-14(10)17-8-7-16-11;1-9-4-5-12(8-10(9)2)14-7-6-13(16-14)11(3)15;1-8-4-3-5-10(14)13(8)12-7-6-11(16-12)9(2)15;1-9-5-3-4-6-11(9)13-8-7-12(15-13)10(2)14/h4-9,11H,10H2,1-3H3;4,6,8-10H,2-3,5,7H2,1H3;6-10H,2-5H2,1H3;5-8H,1-4H3;2-6H,7-8H2,1H3;4-8H,1-3H3;3-7H,1-2H3;3-8H,1-2H3. The molecule has 704 valence electrons. The first-order valence-corrected chi connectivity index (χ1v) is 52.4. The van der Waals surface area contributed by atoms with Gasteiger partial charge in [0.05, 0.1) is 45.6 Å². The maximum absolute atomic E-state index is 13.7. The van der Waals surface area contributed by atoms with Crippen molar-refractivity contribution in [2.24, 2.45) is 5.92 Å². The van der Waals surface area contributed by atoms with Gasteiger partial charge >= 0.3 is 0 Å². The number of Topliss-reactive ketones (excluding diaryl/α,β-unsaturated/α-hetero) is 8. The van der Waals surface area contributed by atoms with Crippen molar-refractivity contribution < 1.29 is 57.0 Å². The minimum absolute atomic E-state index is 0.0187. The fourth-order valence-electron chi connectivity index (χ4n) is 15.5. The third-order valence-corrected chi connectivity index (χ3v) is 33.0. The number of halogens is 1. The van der Waals surface area contributed by atoms with Crippen molar-refractivity contribution in [2.45, 2.75) is 169 Å². The van der Waals surface area contributed by atoms with E-state index < -0.39 is 0 Å². The van der Waals surface area contributed by atoms with Crippen molar-refractivity contribution in [2.75, 3.05) is 19.8 Å². The number of carbonyl (C=O) groups excluding carboxylic acids is 8. The Morgan fingerprint density at radius 2 is 0.679 bits per heavy atom. The summed E-state index contributed by atoms with van der Waals surface area (Å²) in [5, 5.41) is 0. The molecular weight excluding hydrogens is 1860 g/mol. The Morgan fingerprint density at radius 3 is 1.19 bits per heavy atom. The number of ether oxygens (including phenoxy) is 3. The average Bonchev–Trinajstić information content (AvgIpc) is 1.10. The molecule has 0 amide bonds. The SMILES string of the molecule is CC(=O)c1ccc(-c2c(C)cccc2F)s1.CC(=O)c1ccc(-c2cc(C)c(C)cc2C)s1.CC(=O)c1ccc(-c2ccc(C)c(C)c2)s1.CC(=O)c1ccc(-c2ccc3c(c2)CCCC3)s1.CC(=O)c1ccc(-c2cccc3c2CCCC3)s1.CC(=O)c1ccc(-c2cccc3c2OCCO3)s1.CC(=O)c1ccc(-c2ccccc2C)s1.CC(=O)c1ccc(-c2ccccc2OCC(C)C)s1. The predicted octanol–water partition coefficient (Wildman–Crippen LogP) is 33.8. The summed E-state index contributed by atoms with van der Waals surface area (Å²) in [4.78, 5) is 106. The van der Waals surface area contributed by atoms with E-state index in [2.05, 4.69) is 146 Å². The number of aryl methyl sites for hydroxylation is 10. The zero-order chi connectivity index (χ0) is 98.3. The van der Waals surface area contributed by atoms with Crippen LogP contribution in [0.1, 0.15) is 233 Å². The maximum atomic E-state index is 13.7. The number of benzene rings is 8. The van der Waals surface area contributed by atoms with Crippen molar-refractivity contribution in [1.29, 1.82) is 0 Å². The van der Waals surface area contributed by atoms with E-state index in [0.29, 0.717) is 36.2 Å². The lowest BCUT2D eigenvalue weighted by Gasteiger charge is -2.20. The number of hydrogen-bond donors (Lipinski definition) is 0. The van der Waals surface area contributed by atoms with Gasteiger partial charge in [-0.25, -0.2) is 4.39 Å². The van der Waals surface area contributed by atoms with E-state index in [-0.39, 0.29) is 52.1 Å². The molecular formula is C117H115FO11S8. The molecule has 0 spiro atoms. The number of rotatable bonds is 19. The van der Waals surface area contributed by atoms with Crippen LogP contribution in [0.3, 0.4) is 0 Å². The van der Waals surface area contributed by atoms with E-state index in [1.807, 2.05) is 140 Å². The summed E-state index contributed by atoms with van der Waals surface area (Å²) >= 11 is 12.2. The van der Waals surface area contributed by atoms with Crippen LogP contribution in [-0.4, -0.2) is 66.1 Å². The summed E-state index contributed by atoms with van der Waals surface area (Å²) < 4.78 is 30.7. The Labute approximate surface area is 837 Å². The van der Waals surface area contributed by atoms with Gasteiger partial charge in [0.15, 0.2) is 57.8 Å². The molecule has 0 unspecified atom stereocenters. The van der Waals surface area contributed by atoms with Crippen molar-refractivity contribution in [3.8, 4) is 101 Å². The third kappa shape index (κ3) is 28.2. The molecule has 9 heterocycles. The summed E-state index contributed by atoms with van der Waals surface area (Å²) in [7, 11) is 0. The lowest BCUT2D eigenvalue weighted by atomic mass is 9.88. The average molecular weight is 1970 g/mol. The van der Waals surface area contributed by atoms with Gasteiger partial charge in [0.25, 0.3) is 0 Å². The first kappa shape index (κ1) is 104. The zero-order valence-corrected chi connectivity index (χ0v) is 87.2. The van der Waals surface area contributed by atoms with Gasteiger partial charge in [-0.15, -0.1) is 90.7 Å². The summed E-state index contributed by atoms with van der Waals surface area (Å²) in [5.41, 5.74) is 23.5. The first-order valence-electron chi connectivity index (χ1n) is 45.8. The molecule has 0 bridgehead atoms. The van der Waals surface area contributed by atoms with E-state index in [1.165, 1.54) is 201 Å². The van der Waals surface area contributed by atoms with E-state index in [0.717, 1.165) is 87.6 Å². The lowest BCUT2D eigenvalue weighted by molar-refractivity contribution is 0.101. The molecule has 19 rings (SSSR count). The minimum atomic E-state index is -0.239. The van der Waals surface area contributed by atoms with Crippen LogP contribution in [-0.2, 0) is 25.7 Å². The predicted molar refractivity (Wildman–Crippen MR) is 576 cm³/mol. The molecule has 8 aromatic heterocycles. The van der Waals surface area contributed by atoms with Crippen LogP contribution in [0.4, 0.5) is 4.39 Å². The summed E-state index contributed by atoms with van der Waals surface area (Å²) in [6.07, 6.45) is 10.0. The van der Waals surface area contributed by atoms with Crippen LogP contribution in [0.25, 0.3) is 83.5 Å². The number of fused-ring (bicyclic) bond motifs is 3. The minimum Gasteiger partial charge on any atom is -0.493 e. The molecule has 11 nitrogen and oxygen atoms in total. The highest BCUT2D eigenvalue weighted by Crippen LogP contribution is 2.45. The van der Waals surface area contributed by atoms with Crippen LogP contribution in [0, 0.1) is 60.2 Å². The smallest absolute Gasteiger partial charge is 0.169 e. The molecule has 8 aromatic carbocycles. The summed E-state index contributed by atoms with van der Waals surface area (Å²) in [6.45, 7) is 33.4. The fourth-order valence-corrected chi connectivity index (χ4v) is 23.1. The van der Waals surface area contributed by atoms with E-state index in [4.69, 9.17) is 14.2 Å². The van der Waals surface area contributed by atoms with Gasteiger partial charge in [0.2, 0.25) is 0 Å². The van der Waals surface area contributed by atoms with Crippen LogP contribution in [0.15, 0.2) is 249 Å². The molecule has 2 aliphatic carbocycles. The third-order valence-electron chi connectivity index (χ3n) is 23.3. The molecule has 0 saturated carbocycles. The molecule has 16 aromatic rings. The highest BCUT2D eigenvalue weighted by atomic mass is 32.1. The van der Waals surface area contributed by atoms with Gasteiger partial charge in [-0.1, -0.05) is 135 Å². The second-order valence-corrected chi connectivity index (χ2v) is 43.1. The first-order chi connectivity index (χ1) is 65.7. The Kier molecular flexibility index (Phi) is 37.5. The molecule has 20 heteroatoms. The van der Waals surface area contributed by atoms with Gasteiger partial charge in [-0.05, 0) is 378 Å². The number of para-hydroxylation sites is 2. The highest BCUT2D eigenvalue weighted by Gasteiger charge is 2.23. The molecule has 137 heavy (non-hydrogen) atoms. The van der Waals surface area contributed by atoms with Crippen LogP contribution >= 0.6 is 90.7 Å². The number of hydrogen-bond acceptors (Lipinski definition) is 19. The second-order valence-electron chi connectivity index (χ2n) is 34.4.